The molecule has 0 spiro atoms. The Balaban J connectivity index is 1.54. The summed E-state index contributed by atoms with van der Waals surface area (Å²) in [5.41, 5.74) is 0.773. The number of aryl methyl sites for hydroxylation is 1. The lowest BCUT2D eigenvalue weighted by molar-refractivity contribution is -0.116. The number of hydrogen-bond acceptors (Lipinski definition) is 6. The smallest absolute Gasteiger partial charge is 0.238 e. The molecule has 2 heterocycles. The molecule has 2 amide bonds. The average molecular weight is 361 g/mol. The summed E-state index contributed by atoms with van der Waals surface area (Å²) in [7, 11) is 0. The Morgan fingerprint density at radius 1 is 1.40 bits per heavy atom. The number of aromatic nitrogens is 1. The number of amides is 2. The molecule has 0 bridgehead atoms. The van der Waals surface area contributed by atoms with Crippen LogP contribution in [0.5, 0.6) is 5.75 Å². The van der Waals surface area contributed by atoms with Crippen LogP contribution >= 0.6 is 11.8 Å². The molecule has 0 saturated heterocycles. The van der Waals surface area contributed by atoms with Crippen LogP contribution < -0.4 is 15.0 Å². The van der Waals surface area contributed by atoms with Crippen LogP contribution in [0.2, 0.25) is 0 Å². The van der Waals surface area contributed by atoms with E-state index in [4.69, 9.17) is 9.26 Å². The molecule has 1 N–H and O–H groups in total. The predicted molar refractivity (Wildman–Crippen MR) is 96.1 cm³/mol. The molecule has 132 valence electrons. The van der Waals surface area contributed by atoms with Gasteiger partial charge in [0.15, 0.2) is 5.82 Å². The van der Waals surface area contributed by atoms with Crippen LogP contribution in [-0.2, 0) is 9.59 Å². The second kappa shape index (κ2) is 7.60. The molecular formula is C17H19N3O4S. The molecule has 0 saturated carbocycles. The SMILES string of the molecule is Cc1cc(NC(=O)C(C)SCC(=O)N2CCOc3ccccc32)no1. The molecule has 7 nitrogen and oxygen atoms in total. The highest BCUT2D eigenvalue weighted by Gasteiger charge is 2.24. The molecule has 0 radical (unpaired) electrons. The van der Waals surface area contributed by atoms with E-state index >= 15 is 0 Å². The van der Waals surface area contributed by atoms with Crippen molar-refractivity contribution in [1.29, 1.82) is 0 Å². The molecule has 25 heavy (non-hydrogen) atoms. The highest BCUT2D eigenvalue weighted by Crippen LogP contribution is 2.31. The first-order valence-electron chi connectivity index (χ1n) is 7.92. The van der Waals surface area contributed by atoms with Crippen molar-refractivity contribution in [3.63, 3.8) is 0 Å². The second-order valence-corrected chi connectivity index (χ2v) is 6.96. The van der Waals surface area contributed by atoms with E-state index < -0.39 is 5.25 Å². The lowest BCUT2D eigenvalue weighted by atomic mass is 10.2. The third kappa shape index (κ3) is 4.14. The number of benzene rings is 1. The number of thioether (sulfide) groups is 1. The Morgan fingerprint density at radius 2 is 2.20 bits per heavy atom. The van der Waals surface area contributed by atoms with Gasteiger partial charge in [-0.2, -0.15) is 0 Å². The summed E-state index contributed by atoms with van der Waals surface area (Å²) >= 11 is 1.28. The number of anilines is 2. The number of carbonyl (C=O) groups excluding carboxylic acids is 2. The number of rotatable bonds is 5. The van der Waals surface area contributed by atoms with Crippen molar-refractivity contribution < 1.29 is 18.8 Å². The van der Waals surface area contributed by atoms with Gasteiger partial charge in [0.05, 0.1) is 23.2 Å². The van der Waals surface area contributed by atoms with E-state index in [1.165, 1.54) is 11.8 Å². The predicted octanol–water partition coefficient (Wildman–Crippen LogP) is 2.47. The van der Waals surface area contributed by atoms with E-state index in [2.05, 4.69) is 10.5 Å². The van der Waals surface area contributed by atoms with Crippen LogP contribution in [0, 0.1) is 6.92 Å². The first-order valence-corrected chi connectivity index (χ1v) is 8.97. The Labute approximate surface area is 149 Å². The average Bonchev–Trinajstić information content (AvgIpc) is 3.03. The number of fused-ring (bicyclic) bond motifs is 1. The normalized spacial score (nSPS) is 14.4. The second-order valence-electron chi connectivity index (χ2n) is 5.63. The quantitative estimate of drug-likeness (QED) is 0.881. The first kappa shape index (κ1) is 17.3. The lowest BCUT2D eigenvalue weighted by Crippen LogP contribution is -2.39. The molecule has 1 aromatic carbocycles. The molecule has 1 aromatic heterocycles. The lowest BCUT2D eigenvalue weighted by Gasteiger charge is -2.29. The number of nitrogens with one attached hydrogen (secondary N) is 1. The van der Waals surface area contributed by atoms with Crippen molar-refractivity contribution in [2.24, 2.45) is 0 Å². The van der Waals surface area contributed by atoms with Gasteiger partial charge in [0.1, 0.15) is 18.1 Å². The number of carbonyl (C=O) groups is 2. The van der Waals surface area contributed by atoms with E-state index in [1.807, 2.05) is 24.3 Å². The molecule has 0 fully saturated rings. The maximum atomic E-state index is 12.5. The number of nitrogens with zero attached hydrogens (tertiary/aromatic N) is 2. The van der Waals surface area contributed by atoms with Crippen LogP contribution in [0.3, 0.4) is 0 Å². The summed E-state index contributed by atoms with van der Waals surface area (Å²) in [6.45, 7) is 4.48. The van der Waals surface area contributed by atoms with Gasteiger partial charge >= 0.3 is 0 Å². The molecule has 8 heteroatoms. The van der Waals surface area contributed by atoms with Gasteiger partial charge in [-0.3, -0.25) is 9.59 Å². The maximum absolute atomic E-state index is 12.5. The Bertz CT molecular complexity index is 777. The minimum absolute atomic E-state index is 0.0438. The molecule has 1 atom stereocenters. The van der Waals surface area contributed by atoms with Crippen LogP contribution in [-0.4, -0.2) is 41.1 Å². The molecule has 2 aromatic rings. The molecule has 0 aliphatic carbocycles. The standard InChI is InChI=1S/C17H19N3O4S/c1-11-9-15(19-24-11)18-17(22)12(2)25-10-16(21)20-7-8-23-14-6-4-3-5-13(14)20/h3-6,9,12H,7-8,10H2,1-2H3,(H,18,19,22). The van der Waals surface area contributed by atoms with Crippen molar-refractivity contribution in [3.05, 3.63) is 36.1 Å². The van der Waals surface area contributed by atoms with Crippen molar-refractivity contribution >= 4 is 35.1 Å². The van der Waals surface area contributed by atoms with Gasteiger partial charge in [0.25, 0.3) is 0 Å². The summed E-state index contributed by atoms with van der Waals surface area (Å²) < 4.78 is 10.5. The van der Waals surface area contributed by atoms with Crippen LogP contribution in [0.25, 0.3) is 0 Å². The minimum Gasteiger partial charge on any atom is -0.490 e. The fraction of sp³-hybridized carbons (Fsp3) is 0.353. The third-order valence-corrected chi connectivity index (χ3v) is 4.86. The Kier molecular flexibility index (Phi) is 5.28. The third-order valence-electron chi connectivity index (χ3n) is 3.73. The zero-order valence-electron chi connectivity index (χ0n) is 14.0. The van der Waals surface area contributed by atoms with E-state index in [0.717, 1.165) is 5.69 Å². The van der Waals surface area contributed by atoms with Gasteiger partial charge in [-0.1, -0.05) is 17.3 Å². The van der Waals surface area contributed by atoms with Crippen LogP contribution in [0.1, 0.15) is 12.7 Å². The van der Waals surface area contributed by atoms with Gasteiger partial charge < -0.3 is 19.5 Å². The number of ether oxygens (including phenoxy) is 1. The summed E-state index contributed by atoms with van der Waals surface area (Å²) in [6, 6.07) is 9.10. The highest BCUT2D eigenvalue weighted by molar-refractivity contribution is 8.01. The number of hydrogen-bond donors (Lipinski definition) is 1. The van der Waals surface area contributed by atoms with Gasteiger partial charge in [0.2, 0.25) is 11.8 Å². The summed E-state index contributed by atoms with van der Waals surface area (Å²) in [5.74, 6) is 1.66. The molecule has 1 aliphatic heterocycles. The zero-order chi connectivity index (χ0) is 17.8. The van der Waals surface area contributed by atoms with E-state index in [9.17, 15) is 9.59 Å². The van der Waals surface area contributed by atoms with E-state index in [0.29, 0.717) is 30.5 Å². The molecule has 1 unspecified atom stereocenters. The first-order chi connectivity index (χ1) is 12.0. The highest BCUT2D eigenvalue weighted by atomic mass is 32.2. The Morgan fingerprint density at radius 3 is 2.96 bits per heavy atom. The molecular weight excluding hydrogens is 342 g/mol. The van der Waals surface area contributed by atoms with Crippen molar-refractivity contribution in [2.45, 2.75) is 19.1 Å². The van der Waals surface area contributed by atoms with Gasteiger partial charge in [-0.05, 0) is 26.0 Å². The monoisotopic (exact) mass is 361 g/mol. The van der Waals surface area contributed by atoms with Crippen molar-refractivity contribution in [2.75, 3.05) is 29.1 Å². The summed E-state index contributed by atoms with van der Waals surface area (Å²) in [5, 5.41) is 6.01. The number of para-hydroxylation sites is 2. The molecule has 3 rings (SSSR count). The topological polar surface area (TPSA) is 84.7 Å². The maximum Gasteiger partial charge on any atom is 0.238 e. The summed E-state index contributed by atoms with van der Waals surface area (Å²) in [4.78, 5) is 26.4. The van der Waals surface area contributed by atoms with E-state index in [-0.39, 0.29) is 17.6 Å². The minimum atomic E-state index is -0.391. The Hall–Kier alpha value is -2.48. The fourth-order valence-corrected chi connectivity index (χ4v) is 3.19. The van der Waals surface area contributed by atoms with Crippen LogP contribution in [0.15, 0.2) is 34.9 Å². The van der Waals surface area contributed by atoms with Gasteiger partial charge in [-0.15, -0.1) is 11.8 Å². The van der Waals surface area contributed by atoms with Crippen LogP contribution in [0.4, 0.5) is 11.5 Å². The molecule has 1 aliphatic rings. The van der Waals surface area contributed by atoms with Gasteiger partial charge in [0, 0.05) is 6.07 Å². The van der Waals surface area contributed by atoms with Gasteiger partial charge in [-0.25, -0.2) is 0 Å². The van der Waals surface area contributed by atoms with E-state index in [1.54, 1.807) is 24.8 Å². The largest absolute Gasteiger partial charge is 0.490 e. The summed E-state index contributed by atoms with van der Waals surface area (Å²) in [6.07, 6.45) is 0. The zero-order valence-corrected chi connectivity index (χ0v) is 14.8. The van der Waals surface area contributed by atoms with Crippen molar-refractivity contribution in [3.8, 4) is 5.75 Å². The fourth-order valence-electron chi connectivity index (χ4n) is 2.43. The van der Waals surface area contributed by atoms with Crippen molar-refractivity contribution in [1.82, 2.24) is 5.16 Å².